The summed E-state index contributed by atoms with van der Waals surface area (Å²) in [4.78, 5) is 9.42. The zero-order chi connectivity index (χ0) is 18.8. The number of rotatable bonds is 9. The van der Waals surface area contributed by atoms with E-state index in [2.05, 4.69) is 66.6 Å². The van der Waals surface area contributed by atoms with Gasteiger partial charge in [0.25, 0.3) is 0 Å². The monoisotopic (exact) mass is 351 g/mol. The molecule has 5 heteroatoms. The Bertz CT molecular complexity index is 400. The Kier molecular flexibility index (Phi) is 10.1. The fraction of sp³-hybridized carbons (Fsp3) is 0.850. The summed E-state index contributed by atoms with van der Waals surface area (Å²) in [7, 11) is 1.86. The van der Waals surface area contributed by atoms with E-state index in [0.717, 1.165) is 45.1 Å². The van der Waals surface area contributed by atoms with Gasteiger partial charge in [-0.05, 0) is 53.9 Å². The van der Waals surface area contributed by atoms with Gasteiger partial charge in [-0.25, -0.2) is 0 Å². The Labute approximate surface area is 155 Å². The van der Waals surface area contributed by atoms with Crippen molar-refractivity contribution in [2.75, 3.05) is 39.8 Å². The van der Waals surface area contributed by atoms with Gasteiger partial charge < -0.3 is 10.6 Å². The van der Waals surface area contributed by atoms with Gasteiger partial charge in [-0.1, -0.05) is 12.2 Å². The molecule has 25 heavy (non-hydrogen) atoms. The maximum absolute atomic E-state index is 4.39. The summed E-state index contributed by atoms with van der Waals surface area (Å²) in [6.45, 7) is 20.6. The molecule has 1 aliphatic rings. The summed E-state index contributed by atoms with van der Waals surface area (Å²) in [6, 6.07) is 1.72. The van der Waals surface area contributed by atoms with E-state index in [-0.39, 0.29) is 0 Å². The highest BCUT2D eigenvalue weighted by molar-refractivity contribution is 5.79. The van der Waals surface area contributed by atoms with Gasteiger partial charge in [0.2, 0.25) is 0 Å². The summed E-state index contributed by atoms with van der Waals surface area (Å²) in [5, 5.41) is 7.07. The van der Waals surface area contributed by atoms with Crippen molar-refractivity contribution < 1.29 is 0 Å². The molecule has 0 aromatic carbocycles. The molecule has 1 aliphatic heterocycles. The summed E-state index contributed by atoms with van der Waals surface area (Å²) >= 11 is 0. The molecule has 0 aromatic heterocycles. The number of piperidine rings is 1. The smallest absolute Gasteiger partial charge is 0.191 e. The molecule has 0 aromatic rings. The maximum Gasteiger partial charge on any atom is 0.191 e. The lowest BCUT2D eigenvalue weighted by molar-refractivity contribution is 0.173. The summed E-state index contributed by atoms with van der Waals surface area (Å²) in [5.41, 5.74) is 1.25. The van der Waals surface area contributed by atoms with Crippen LogP contribution in [0.5, 0.6) is 0 Å². The van der Waals surface area contributed by atoms with Crippen molar-refractivity contribution in [1.82, 2.24) is 20.4 Å². The van der Waals surface area contributed by atoms with Crippen molar-refractivity contribution in [3.05, 3.63) is 12.2 Å². The van der Waals surface area contributed by atoms with Crippen molar-refractivity contribution in [1.29, 1.82) is 0 Å². The highest BCUT2D eigenvalue weighted by atomic mass is 15.2. The van der Waals surface area contributed by atoms with Gasteiger partial charge in [-0.2, -0.15) is 0 Å². The van der Waals surface area contributed by atoms with E-state index in [4.69, 9.17) is 0 Å². The topological polar surface area (TPSA) is 42.9 Å². The lowest BCUT2D eigenvalue weighted by Gasteiger charge is -2.33. The predicted octanol–water partition coefficient (Wildman–Crippen LogP) is 2.70. The van der Waals surface area contributed by atoms with E-state index in [9.17, 15) is 0 Å². The van der Waals surface area contributed by atoms with Crippen molar-refractivity contribution >= 4 is 5.96 Å². The Hall–Kier alpha value is -1.07. The molecule has 1 saturated heterocycles. The third-order valence-electron chi connectivity index (χ3n) is 4.86. The van der Waals surface area contributed by atoms with Gasteiger partial charge in [0.1, 0.15) is 0 Å². The van der Waals surface area contributed by atoms with Crippen molar-refractivity contribution in [2.45, 2.75) is 72.0 Å². The average molecular weight is 352 g/mol. The minimum absolute atomic E-state index is 0.524. The molecule has 0 radical (unpaired) electrons. The molecule has 2 N–H and O–H groups in total. The molecule has 146 valence electrons. The highest BCUT2D eigenvalue weighted by Crippen LogP contribution is 2.11. The first-order valence-corrected chi connectivity index (χ1v) is 9.93. The van der Waals surface area contributed by atoms with Gasteiger partial charge in [0, 0.05) is 57.9 Å². The van der Waals surface area contributed by atoms with Gasteiger partial charge in [0.05, 0.1) is 0 Å². The van der Waals surface area contributed by atoms with E-state index in [0.29, 0.717) is 18.1 Å². The normalized spacial score (nSPS) is 17.6. The van der Waals surface area contributed by atoms with E-state index in [1.807, 2.05) is 7.05 Å². The Balaban J connectivity index is 2.26. The first-order valence-electron chi connectivity index (χ1n) is 9.93. The number of nitrogens with zero attached hydrogens (tertiary/aromatic N) is 3. The fourth-order valence-electron chi connectivity index (χ4n) is 3.59. The number of aliphatic imine (C=N–C) groups is 1. The van der Waals surface area contributed by atoms with Crippen LogP contribution in [-0.4, -0.2) is 73.7 Å². The summed E-state index contributed by atoms with van der Waals surface area (Å²) in [5.74, 6) is 0.944. The van der Waals surface area contributed by atoms with Gasteiger partial charge in [-0.3, -0.25) is 14.8 Å². The van der Waals surface area contributed by atoms with Crippen LogP contribution in [0.15, 0.2) is 17.1 Å². The van der Waals surface area contributed by atoms with E-state index < -0.39 is 0 Å². The van der Waals surface area contributed by atoms with Crippen molar-refractivity contribution in [3.63, 3.8) is 0 Å². The molecule has 0 unspecified atom stereocenters. The second-order valence-corrected chi connectivity index (χ2v) is 7.93. The van der Waals surface area contributed by atoms with Gasteiger partial charge in [-0.15, -0.1) is 0 Å². The molecule has 5 nitrogen and oxygen atoms in total. The van der Waals surface area contributed by atoms with Crippen LogP contribution < -0.4 is 10.6 Å². The van der Waals surface area contributed by atoms with Crippen LogP contribution >= 0.6 is 0 Å². The zero-order valence-corrected chi connectivity index (χ0v) is 17.4. The van der Waals surface area contributed by atoms with Crippen LogP contribution in [-0.2, 0) is 0 Å². The van der Waals surface area contributed by atoms with E-state index >= 15 is 0 Å². The molecule has 0 spiro atoms. The third kappa shape index (κ3) is 8.73. The molecule has 0 bridgehead atoms. The lowest BCUT2D eigenvalue weighted by atomic mass is 10.0. The average Bonchev–Trinajstić information content (AvgIpc) is 2.53. The first kappa shape index (κ1) is 22.0. The highest BCUT2D eigenvalue weighted by Gasteiger charge is 2.19. The Morgan fingerprint density at radius 2 is 1.80 bits per heavy atom. The van der Waals surface area contributed by atoms with Gasteiger partial charge in [0.15, 0.2) is 5.96 Å². The number of hydrogen-bond donors (Lipinski definition) is 2. The predicted molar refractivity (Wildman–Crippen MR) is 110 cm³/mol. The largest absolute Gasteiger partial charge is 0.356 e. The second-order valence-electron chi connectivity index (χ2n) is 7.93. The molecule has 0 aliphatic carbocycles. The standard InChI is InChI=1S/C20H41N5/c1-16(2)15-24-13-9-19(10-14-24)23-20(21-7)22-11-8-12-25(17(3)4)18(5)6/h17-19H,1,8-15H2,2-7H3,(H2,21,22,23). The third-order valence-corrected chi connectivity index (χ3v) is 4.86. The minimum Gasteiger partial charge on any atom is -0.356 e. The Morgan fingerprint density at radius 1 is 1.20 bits per heavy atom. The van der Waals surface area contributed by atoms with Crippen LogP contribution in [0.3, 0.4) is 0 Å². The van der Waals surface area contributed by atoms with Gasteiger partial charge >= 0.3 is 0 Å². The van der Waals surface area contributed by atoms with Crippen molar-refractivity contribution in [2.24, 2.45) is 4.99 Å². The molecule has 0 amide bonds. The van der Waals surface area contributed by atoms with Crippen LogP contribution in [0.25, 0.3) is 0 Å². The quantitative estimate of drug-likeness (QED) is 0.290. The lowest BCUT2D eigenvalue weighted by Crippen LogP contribution is -2.49. The summed E-state index contributed by atoms with van der Waals surface area (Å²) in [6.07, 6.45) is 3.47. The van der Waals surface area contributed by atoms with E-state index in [1.165, 1.54) is 18.4 Å². The second kappa shape index (κ2) is 11.5. The molecule has 1 fully saturated rings. The number of nitrogens with one attached hydrogen (secondary N) is 2. The van der Waals surface area contributed by atoms with E-state index in [1.54, 1.807) is 0 Å². The Morgan fingerprint density at radius 3 is 2.28 bits per heavy atom. The maximum atomic E-state index is 4.39. The van der Waals surface area contributed by atoms with Crippen molar-refractivity contribution in [3.8, 4) is 0 Å². The fourth-order valence-corrected chi connectivity index (χ4v) is 3.59. The number of guanidine groups is 1. The molecule has 0 saturated carbocycles. The molecule has 1 rings (SSSR count). The summed E-state index contributed by atoms with van der Waals surface area (Å²) < 4.78 is 0. The minimum atomic E-state index is 0.524. The molecule has 1 heterocycles. The van der Waals surface area contributed by atoms with Crippen LogP contribution in [0.2, 0.25) is 0 Å². The number of hydrogen-bond acceptors (Lipinski definition) is 3. The number of likely N-dealkylation sites (tertiary alicyclic amines) is 1. The molecule has 0 atom stereocenters. The van der Waals surface area contributed by atoms with Crippen LogP contribution in [0, 0.1) is 0 Å². The first-order chi connectivity index (χ1) is 11.8. The SMILES string of the molecule is C=C(C)CN1CCC(NC(=NC)NCCCN(C(C)C)C(C)C)CC1. The zero-order valence-electron chi connectivity index (χ0n) is 17.4. The van der Waals surface area contributed by atoms with Crippen LogP contribution in [0.1, 0.15) is 53.9 Å². The molecular weight excluding hydrogens is 310 g/mol. The molecular formula is C20H41N5. The van der Waals surface area contributed by atoms with Crippen LogP contribution in [0.4, 0.5) is 0 Å².